The smallest absolute Gasteiger partial charge is 0.138 e. The van der Waals surface area contributed by atoms with Crippen LogP contribution in [-0.2, 0) is 11.2 Å². The fraction of sp³-hybridized carbons (Fsp3) is 0.533. The number of carbonyl (C=O) groups excluding carboxylic acids is 1. The number of ketones is 1. The Bertz CT molecular complexity index is 417. The summed E-state index contributed by atoms with van der Waals surface area (Å²) in [5.41, 5.74) is 0.861. The Morgan fingerprint density at radius 3 is 2.58 bits per heavy atom. The molecule has 106 valence electrons. The predicted octanol–water partition coefficient (Wildman–Crippen LogP) is 3.19. The molecule has 0 spiro atoms. The number of hydrogen-bond donors (Lipinski definition) is 0. The largest absolute Gasteiger partial charge is 0.496 e. The number of halogens is 1. The van der Waals surface area contributed by atoms with Crippen molar-refractivity contribution in [3.8, 4) is 5.75 Å². The SMILES string of the molecule is CCN(CC)CCC(=O)Cc1cc(Cl)ccc1OC. The molecule has 19 heavy (non-hydrogen) atoms. The Morgan fingerprint density at radius 1 is 1.32 bits per heavy atom. The number of carbonyl (C=O) groups is 1. The molecule has 0 atom stereocenters. The molecule has 1 aromatic carbocycles. The van der Waals surface area contributed by atoms with E-state index < -0.39 is 0 Å². The van der Waals surface area contributed by atoms with E-state index in [4.69, 9.17) is 16.3 Å². The summed E-state index contributed by atoms with van der Waals surface area (Å²) in [6, 6.07) is 5.37. The Labute approximate surface area is 120 Å². The summed E-state index contributed by atoms with van der Waals surface area (Å²) in [4.78, 5) is 14.2. The number of nitrogens with zero attached hydrogens (tertiary/aromatic N) is 1. The van der Waals surface area contributed by atoms with E-state index in [1.165, 1.54) is 0 Å². The molecule has 0 amide bonds. The normalized spacial score (nSPS) is 10.8. The van der Waals surface area contributed by atoms with Crippen LogP contribution < -0.4 is 4.74 Å². The third-order valence-electron chi connectivity index (χ3n) is 3.23. The van der Waals surface area contributed by atoms with E-state index in [0.29, 0.717) is 17.9 Å². The summed E-state index contributed by atoms with van der Waals surface area (Å²) in [6.07, 6.45) is 0.947. The van der Waals surface area contributed by atoms with Gasteiger partial charge in [0.2, 0.25) is 0 Å². The zero-order valence-corrected chi connectivity index (χ0v) is 12.7. The average Bonchev–Trinajstić information content (AvgIpc) is 2.40. The van der Waals surface area contributed by atoms with E-state index in [0.717, 1.165) is 30.9 Å². The summed E-state index contributed by atoms with van der Waals surface area (Å²) in [6.45, 7) is 6.98. The van der Waals surface area contributed by atoms with Crippen molar-refractivity contribution < 1.29 is 9.53 Å². The summed E-state index contributed by atoms with van der Waals surface area (Å²) in [5.74, 6) is 0.938. The Kier molecular flexibility index (Phi) is 6.89. The third-order valence-corrected chi connectivity index (χ3v) is 3.47. The lowest BCUT2D eigenvalue weighted by Crippen LogP contribution is -2.26. The van der Waals surface area contributed by atoms with Crippen molar-refractivity contribution in [1.82, 2.24) is 4.90 Å². The molecule has 0 heterocycles. The first-order valence-corrected chi connectivity index (χ1v) is 7.05. The van der Waals surface area contributed by atoms with E-state index in [1.807, 2.05) is 0 Å². The monoisotopic (exact) mass is 283 g/mol. The topological polar surface area (TPSA) is 29.5 Å². The highest BCUT2D eigenvalue weighted by atomic mass is 35.5. The van der Waals surface area contributed by atoms with Crippen LogP contribution in [-0.4, -0.2) is 37.4 Å². The molecule has 4 heteroatoms. The highest BCUT2D eigenvalue weighted by molar-refractivity contribution is 6.30. The van der Waals surface area contributed by atoms with Crippen LogP contribution in [0.25, 0.3) is 0 Å². The highest BCUT2D eigenvalue weighted by Gasteiger charge is 2.10. The average molecular weight is 284 g/mol. The second-order valence-electron chi connectivity index (χ2n) is 4.45. The Balaban J connectivity index is 2.59. The molecule has 0 saturated heterocycles. The fourth-order valence-corrected chi connectivity index (χ4v) is 2.20. The zero-order valence-electron chi connectivity index (χ0n) is 11.9. The van der Waals surface area contributed by atoms with Gasteiger partial charge in [0.05, 0.1) is 7.11 Å². The van der Waals surface area contributed by atoms with Gasteiger partial charge in [0, 0.05) is 30.0 Å². The lowest BCUT2D eigenvalue weighted by molar-refractivity contribution is -0.118. The summed E-state index contributed by atoms with van der Waals surface area (Å²) in [7, 11) is 1.60. The quantitative estimate of drug-likeness (QED) is 0.734. The molecule has 0 saturated carbocycles. The molecule has 0 aliphatic heterocycles. The number of hydrogen-bond acceptors (Lipinski definition) is 3. The van der Waals surface area contributed by atoms with Gasteiger partial charge in [-0.25, -0.2) is 0 Å². The minimum Gasteiger partial charge on any atom is -0.496 e. The van der Waals surface area contributed by atoms with Gasteiger partial charge in [-0.05, 0) is 31.3 Å². The van der Waals surface area contributed by atoms with Crippen LogP contribution in [0.4, 0.5) is 0 Å². The molecule has 0 aliphatic rings. The van der Waals surface area contributed by atoms with Gasteiger partial charge in [-0.15, -0.1) is 0 Å². The van der Waals surface area contributed by atoms with Crippen molar-refractivity contribution in [2.24, 2.45) is 0 Å². The third kappa shape index (κ3) is 5.21. The van der Waals surface area contributed by atoms with Crippen LogP contribution in [0.1, 0.15) is 25.8 Å². The van der Waals surface area contributed by atoms with Gasteiger partial charge < -0.3 is 9.64 Å². The molecule has 0 radical (unpaired) electrons. The van der Waals surface area contributed by atoms with Crippen LogP contribution in [0.15, 0.2) is 18.2 Å². The van der Waals surface area contributed by atoms with Crippen molar-refractivity contribution in [2.45, 2.75) is 26.7 Å². The van der Waals surface area contributed by atoms with E-state index in [9.17, 15) is 4.79 Å². The van der Waals surface area contributed by atoms with E-state index in [1.54, 1.807) is 25.3 Å². The van der Waals surface area contributed by atoms with Crippen LogP contribution in [0, 0.1) is 0 Å². The van der Waals surface area contributed by atoms with Gasteiger partial charge >= 0.3 is 0 Å². The summed E-state index contributed by atoms with van der Waals surface area (Å²) in [5, 5.41) is 0.632. The van der Waals surface area contributed by atoms with E-state index in [2.05, 4.69) is 18.7 Å². The molecule has 0 aromatic heterocycles. The second-order valence-corrected chi connectivity index (χ2v) is 4.88. The molecular formula is C15H22ClNO2. The van der Waals surface area contributed by atoms with E-state index in [-0.39, 0.29) is 5.78 Å². The molecule has 1 rings (SSSR count). The number of methoxy groups -OCH3 is 1. The molecule has 0 N–H and O–H groups in total. The van der Waals surface area contributed by atoms with Crippen molar-refractivity contribution in [1.29, 1.82) is 0 Å². The van der Waals surface area contributed by atoms with Crippen molar-refractivity contribution in [3.63, 3.8) is 0 Å². The van der Waals surface area contributed by atoms with Gasteiger partial charge in [0.1, 0.15) is 11.5 Å². The molecule has 3 nitrogen and oxygen atoms in total. The van der Waals surface area contributed by atoms with Crippen LogP contribution in [0.2, 0.25) is 5.02 Å². The predicted molar refractivity (Wildman–Crippen MR) is 79.1 cm³/mol. The van der Waals surface area contributed by atoms with Gasteiger partial charge in [-0.3, -0.25) is 4.79 Å². The van der Waals surface area contributed by atoms with Gasteiger partial charge in [-0.1, -0.05) is 25.4 Å². The van der Waals surface area contributed by atoms with Crippen LogP contribution in [0.5, 0.6) is 5.75 Å². The van der Waals surface area contributed by atoms with Crippen molar-refractivity contribution in [2.75, 3.05) is 26.7 Å². The molecule has 0 unspecified atom stereocenters. The first kappa shape index (κ1) is 16.0. The van der Waals surface area contributed by atoms with Crippen molar-refractivity contribution in [3.05, 3.63) is 28.8 Å². The molecule has 1 aromatic rings. The fourth-order valence-electron chi connectivity index (χ4n) is 2.01. The van der Waals surface area contributed by atoms with Crippen LogP contribution in [0.3, 0.4) is 0 Å². The minimum atomic E-state index is 0.215. The second kappa shape index (κ2) is 8.18. The number of Topliss-reactive ketones (excluding diaryl/α,β-unsaturated/α-hetero) is 1. The first-order valence-electron chi connectivity index (χ1n) is 6.67. The minimum absolute atomic E-state index is 0.215. The van der Waals surface area contributed by atoms with Gasteiger partial charge in [-0.2, -0.15) is 0 Å². The molecule has 0 fully saturated rings. The Hall–Kier alpha value is -1.06. The maximum absolute atomic E-state index is 12.0. The van der Waals surface area contributed by atoms with Crippen molar-refractivity contribution >= 4 is 17.4 Å². The summed E-state index contributed by atoms with van der Waals surface area (Å²) >= 11 is 5.95. The van der Waals surface area contributed by atoms with E-state index >= 15 is 0 Å². The van der Waals surface area contributed by atoms with Gasteiger partial charge in [0.25, 0.3) is 0 Å². The maximum Gasteiger partial charge on any atom is 0.138 e. The summed E-state index contributed by atoms with van der Waals surface area (Å²) < 4.78 is 5.25. The molecular weight excluding hydrogens is 262 g/mol. The Morgan fingerprint density at radius 2 is 2.00 bits per heavy atom. The lowest BCUT2D eigenvalue weighted by Gasteiger charge is -2.17. The highest BCUT2D eigenvalue weighted by Crippen LogP contribution is 2.23. The molecule has 0 aliphatic carbocycles. The number of benzene rings is 1. The van der Waals surface area contributed by atoms with Crippen LogP contribution >= 0.6 is 11.6 Å². The van der Waals surface area contributed by atoms with Gasteiger partial charge in [0.15, 0.2) is 0 Å². The first-order chi connectivity index (χ1) is 9.10. The number of ether oxygens (including phenoxy) is 1. The lowest BCUT2D eigenvalue weighted by atomic mass is 10.1. The standard InChI is InChI=1S/C15H22ClNO2/c1-4-17(5-2)9-8-14(18)11-12-10-13(16)6-7-15(12)19-3/h6-7,10H,4-5,8-9,11H2,1-3H3. The number of rotatable bonds is 8. The molecule has 0 bridgehead atoms. The maximum atomic E-state index is 12.0. The zero-order chi connectivity index (χ0) is 14.3.